The zero-order valence-electron chi connectivity index (χ0n) is 6.27. The lowest BCUT2D eigenvalue weighted by molar-refractivity contribution is 0.731. The molecule has 1 rings (SSSR count). The monoisotopic (exact) mass is 251 g/mol. The van der Waals surface area contributed by atoms with Gasteiger partial charge in [0.25, 0.3) is 0 Å². The third-order valence-electron chi connectivity index (χ3n) is 1.60. The summed E-state index contributed by atoms with van der Waals surface area (Å²) in [4.78, 5) is 0. The van der Waals surface area contributed by atoms with Gasteiger partial charge in [-0.15, -0.1) is 0 Å². The van der Waals surface area contributed by atoms with Crippen LogP contribution in [-0.4, -0.2) is 9.78 Å². The van der Waals surface area contributed by atoms with Crippen LogP contribution in [0, 0.1) is 13.8 Å². The molecular formula is C6H10IN3. The number of aromatic nitrogens is 2. The van der Waals surface area contributed by atoms with Crippen LogP contribution in [0.1, 0.15) is 11.4 Å². The minimum Gasteiger partial charge on any atom is -0.325 e. The first-order valence-corrected chi connectivity index (χ1v) is 4.11. The van der Waals surface area contributed by atoms with E-state index in [2.05, 4.69) is 31.5 Å². The fraction of sp³-hybridized carbons (Fsp3) is 0.500. The number of aryl methyl sites for hydroxylation is 2. The summed E-state index contributed by atoms with van der Waals surface area (Å²) < 4.78 is 4.94. The van der Waals surface area contributed by atoms with Crippen molar-refractivity contribution >= 4 is 28.6 Å². The molecule has 10 heavy (non-hydrogen) atoms. The maximum absolute atomic E-state index is 4.23. The molecular weight excluding hydrogens is 241 g/mol. The fourth-order valence-corrected chi connectivity index (χ4v) is 1.69. The number of anilines is 1. The molecule has 0 atom stereocenters. The van der Waals surface area contributed by atoms with Crippen LogP contribution in [0.15, 0.2) is 0 Å². The molecule has 4 heteroatoms. The van der Waals surface area contributed by atoms with Crippen LogP contribution in [0.2, 0.25) is 0 Å². The first-order valence-electron chi connectivity index (χ1n) is 3.03. The van der Waals surface area contributed by atoms with Crippen LogP contribution < -0.4 is 3.53 Å². The Morgan fingerprint density at radius 3 is 2.30 bits per heavy atom. The summed E-state index contributed by atoms with van der Waals surface area (Å²) in [6.07, 6.45) is 0. The Morgan fingerprint density at radius 2 is 2.10 bits per heavy atom. The van der Waals surface area contributed by atoms with Crippen LogP contribution in [-0.2, 0) is 7.05 Å². The predicted octanol–water partition coefficient (Wildman–Crippen LogP) is 1.80. The highest BCUT2D eigenvalue weighted by atomic mass is 127. The zero-order valence-corrected chi connectivity index (χ0v) is 8.43. The number of nitrogens with one attached hydrogen (secondary N) is 1. The van der Waals surface area contributed by atoms with Gasteiger partial charge in [-0.3, -0.25) is 4.68 Å². The third-order valence-corrected chi connectivity index (χ3v) is 2.14. The van der Waals surface area contributed by atoms with Gasteiger partial charge in [0.05, 0.1) is 39.9 Å². The molecule has 0 spiro atoms. The summed E-state index contributed by atoms with van der Waals surface area (Å²) in [6, 6.07) is 0. The highest BCUT2D eigenvalue weighted by molar-refractivity contribution is 14.1. The van der Waals surface area contributed by atoms with Gasteiger partial charge in [0.15, 0.2) is 0 Å². The van der Waals surface area contributed by atoms with E-state index >= 15 is 0 Å². The second-order valence-corrected chi connectivity index (χ2v) is 2.80. The SMILES string of the molecule is Cc1nn(C)c(C)c1NI. The lowest BCUT2D eigenvalue weighted by atomic mass is 10.3. The zero-order chi connectivity index (χ0) is 7.72. The molecule has 0 aromatic carbocycles. The Morgan fingerprint density at radius 1 is 1.50 bits per heavy atom. The van der Waals surface area contributed by atoms with Gasteiger partial charge in [-0.2, -0.15) is 5.10 Å². The Balaban J connectivity index is 3.20. The van der Waals surface area contributed by atoms with E-state index in [1.54, 1.807) is 0 Å². The van der Waals surface area contributed by atoms with Crippen molar-refractivity contribution in [2.45, 2.75) is 13.8 Å². The summed E-state index contributed by atoms with van der Waals surface area (Å²) in [5, 5.41) is 4.23. The van der Waals surface area contributed by atoms with E-state index in [-0.39, 0.29) is 0 Å². The van der Waals surface area contributed by atoms with Gasteiger partial charge < -0.3 is 3.53 Å². The second kappa shape index (κ2) is 2.77. The molecule has 0 saturated heterocycles. The van der Waals surface area contributed by atoms with Gasteiger partial charge in [0, 0.05) is 7.05 Å². The van der Waals surface area contributed by atoms with Crippen molar-refractivity contribution < 1.29 is 0 Å². The summed E-state index contributed by atoms with van der Waals surface area (Å²) in [6.45, 7) is 4.04. The average molecular weight is 251 g/mol. The molecule has 0 aliphatic heterocycles. The van der Waals surface area contributed by atoms with Crippen molar-refractivity contribution in [3.63, 3.8) is 0 Å². The topological polar surface area (TPSA) is 29.9 Å². The van der Waals surface area contributed by atoms with Crippen LogP contribution in [0.3, 0.4) is 0 Å². The Labute approximate surface area is 74.3 Å². The van der Waals surface area contributed by atoms with E-state index in [0.717, 1.165) is 11.4 Å². The lowest BCUT2D eigenvalue weighted by Crippen LogP contribution is -1.92. The first kappa shape index (κ1) is 7.84. The van der Waals surface area contributed by atoms with Crippen LogP contribution in [0.5, 0.6) is 0 Å². The van der Waals surface area contributed by atoms with Gasteiger partial charge >= 0.3 is 0 Å². The molecule has 0 radical (unpaired) electrons. The molecule has 1 aromatic rings. The van der Waals surface area contributed by atoms with Crippen molar-refractivity contribution in [3.05, 3.63) is 11.4 Å². The van der Waals surface area contributed by atoms with Gasteiger partial charge in [-0.05, 0) is 13.8 Å². The maximum atomic E-state index is 4.23. The third kappa shape index (κ3) is 1.12. The molecule has 0 aliphatic rings. The lowest BCUT2D eigenvalue weighted by Gasteiger charge is -1.95. The predicted molar refractivity (Wildman–Crippen MR) is 50.3 cm³/mol. The summed E-state index contributed by atoms with van der Waals surface area (Å²) >= 11 is 2.11. The van der Waals surface area contributed by atoms with Crippen molar-refractivity contribution in [2.24, 2.45) is 7.05 Å². The van der Waals surface area contributed by atoms with Gasteiger partial charge in [-0.1, -0.05) is 0 Å². The van der Waals surface area contributed by atoms with Crippen LogP contribution in [0.25, 0.3) is 0 Å². The van der Waals surface area contributed by atoms with Gasteiger partial charge in [0.2, 0.25) is 0 Å². The van der Waals surface area contributed by atoms with Crippen molar-refractivity contribution in [1.29, 1.82) is 0 Å². The number of hydrogen-bond acceptors (Lipinski definition) is 2. The standard InChI is InChI=1S/C6H10IN3/c1-4-6(8-7)5(2)10(3)9-4/h8H,1-3H3. The molecule has 3 nitrogen and oxygen atoms in total. The van der Waals surface area contributed by atoms with E-state index in [4.69, 9.17) is 0 Å². The van der Waals surface area contributed by atoms with Crippen LogP contribution in [0.4, 0.5) is 5.69 Å². The summed E-state index contributed by atoms with van der Waals surface area (Å²) in [5.74, 6) is 0. The van der Waals surface area contributed by atoms with Crippen LogP contribution >= 0.6 is 22.9 Å². The van der Waals surface area contributed by atoms with Gasteiger partial charge in [0.1, 0.15) is 0 Å². The Kier molecular flexibility index (Phi) is 2.18. The summed E-state index contributed by atoms with van der Waals surface area (Å²) in [5.41, 5.74) is 3.35. The Bertz CT molecular complexity index is 241. The normalized spacial score (nSPS) is 10.0. The maximum Gasteiger partial charge on any atom is 0.0872 e. The smallest absolute Gasteiger partial charge is 0.0872 e. The van der Waals surface area contributed by atoms with Gasteiger partial charge in [-0.25, -0.2) is 0 Å². The number of rotatable bonds is 1. The molecule has 0 unspecified atom stereocenters. The van der Waals surface area contributed by atoms with E-state index in [1.807, 2.05) is 25.6 Å². The number of nitrogens with zero attached hydrogens (tertiary/aromatic N) is 2. The molecule has 0 fully saturated rings. The molecule has 56 valence electrons. The quantitative estimate of drug-likeness (QED) is 0.609. The van der Waals surface area contributed by atoms with Crippen molar-refractivity contribution in [3.8, 4) is 0 Å². The molecule has 0 amide bonds. The largest absolute Gasteiger partial charge is 0.325 e. The molecule has 1 heterocycles. The van der Waals surface area contributed by atoms with Crippen molar-refractivity contribution in [1.82, 2.24) is 9.78 Å². The average Bonchev–Trinajstić information content (AvgIpc) is 2.09. The number of halogens is 1. The van der Waals surface area contributed by atoms with E-state index in [9.17, 15) is 0 Å². The molecule has 0 aliphatic carbocycles. The van der Waals surface area contributed by atoms with E-state index < -0.39 is 0 Å². The van der Waals surface area contributed by atoms with Crippen molar-refractivity contribution in [2.75, 3.05) is 3.53 Å². The highest BCUT2D eigenvalue weighted by Crippen LogP contribution is 2.19. The van der Waals surface area contributed by atoms with E-state index in [1.165, 1.54) is 5.69 Å². The Hall–Kier alpha value is -0.260. The van der Waals surface area contributed by atoms with E-state index in [0.29, 0.717) is 0 Å². The minimum atomic E-state index is 1.05. The fourth-order valence-electron chi connectivity index (χ4n) is 0.910. The molecule has 0 saturated carbocycles. The molecule has 0 bridgehead atoms. The summed E-state index contributed by atoms with van der Waals surface area (Å²) in [7, 11) is 1.94. The minimum absolute atomic E-state index is 1.05. The first-order chi connectivity index (χ1) is 4.66. The molecule has 1 aromatic heterocycles. The number of hydrogen-bond donors (Lipinski definition) is 1. The molecule has 1 N–H and O–H groups in total. The highest BCUT2D eigenvalue weighted by Gasteiger charge is 2.05. The second-order valence-electron chi connectivity index (χ2n) is 2.26.